The lowest BCUT2D eigenvalue weighted by atomic mass is 10.0. The van der Waals surface area contributed by atoms with Crippen molar-refractivity contribution in [3.63, 3.8) is 0 Å². The molecule has 0 rings (SSSR count). The topological polar surface area (TPSA) is 78.9 Å². The molecule has 0 aliphatic heterocycles. The van der Waals surface area contributed by atoms with E-state index in [1.54, 1.807) is 0 Å². The zero-order valence-corrected chi connectivity index (χ0v) is 50.3. The highest BCUT2D eigenvalue weighted by molar-refractivity contribution is 5.71. The Morgan fingerprint density at radius 1 is 0.267 bits per heavy atom. The lowest BCUT2D eigenvalue weighted by Crippen LogP contribution is -2.30. The van der Waals surface area contributed by atoms with Crippen LogP contribution in [0.3, 0.4) is 0 Å². The molecule has 0 aromatic rings. The Bertz CT molecular complexity index is 1300. The molecule has 0 radical (unpaired) electrons. The van der Waals surface area contributed by atoms with Gasteiger partial charge in [-0.15, -0.1) is 0 Å². The Labute approximate surface area is 467 Å². The van der Waals surface area contributed by atoms with Crippen molar-refractivity contribution in [1.29, 1.82) is 0 Å². The van der Waals surface area contributed by atoms with Crippen LogP contribution in [0.15, 0.2) is 48.6 Å². The summed E-state index contributed by atoms with van der Waals surface area (Å²) in [6.07, 6.45) is 79.7. The molecule has 0 aromatic heterocycles. The van der Waals surface area contributed by atoms with Crippen molar-refractivity contribution >= 4 is 17.9 Å². The van der Waals surface area contributed by atoms with E-state index in [0.717, 1.165) is 83.5 Å². The Balaban J connectivity index is 4.34. The van der Waals surface area contributed by atoms with Gasteiger partial charge >= 0.3 is 17.9 Å². The molecule has 6 nitrogen and oxygen atoms in total. The lowest BCUT2D eigenvalue weighted by molar-refractivity contribution is -0.167. The Kier molecular flexibility index (Phi) is 61.7. The summed E-state index contributed by atoms with van der Waals surface area (Å²) in [7, 11) is 0. The fraction of sp³-hybridized carbons (Fsp3) is 0.841. The van der Waals surface area contributed by atoms with Crippen molar-refractivity contribution in [1.82, 2.24) is 0 Å². The number of carbonyl (C=O) groups excluding carboxylic acids is 3. The number of hydrogen-bond acceptors (Lipinski definition) is 6. The van der Waals surface area contributed by atoms with Crippen LogP contribution in [0.1, 0.15) is 355 Å². The zero-order valence-electron chi connectivity index (χ0n) is 50.3. The first-order valence-corrected chi connectivity index (χ1v) is 33.1. The van der Waals surface area contributed by atoms with E-state index in [4.69, 9.17) is 14.2 Å². The highest BCUT2D eigenvalue weighted by Gasteiger charge is 2.19. The van der Waals surface area contributed by atoms with Gasteiger partial charge in [-0.3, -0.25) is 14.4 Å². The Morgan fingerprint density at radius 3 is 0.760 bits per heavy atom. The second-order valence-corrected chi connectivity index (χ2v) is 22.4. The molecule has 0 saturated carbocycles. The summed E-state index contributed by atoms with van der Waals surface area (Å²) < 4.78 is 17.0. The maximum atomic E-state index is 12.9. The van der Waals surface area contributed by atoms with E-state index in [1.165, 1.54) is 231 Å². The molecule has 1 atom stereocenters. The molecule has 75 heavy (non-hydrogen) atoms. The predicted molar refractivity (Wildman–Crippen MR) is 325 cm³/mol. The highest BCUT2D eigenvalue weighted by atomic mass is 16.6. The fourth-order valence-electron chi connectivity index (χ4n) is 9.80. The van der Waals surface area contributed by atoms with Crippen LogP contribution in [0.25, 0.3) is 0 Å². The highest BCUT2D eigenvalue weighted by Crippen LogP contribution is 2.17. The first-order valence-electron chi connectivity index (χ1n) is 33.1. The number of ether oxygens (including phenoxy) is 3. The van der Waals surface area contributed by atoms with Gasteiger partial charge in [0.25, 0.3) is 0 Å². The van der Waals surface area contributed by atoms with Gasteiger partial charge in [-0.25, -0.2) is 0 Å². The molecule has 0 spiro atoms. The van der Waals surface area contributed by atoms with E-state index < -0.39 is 6.10 Å². The molecular weight excluding hydrogens is 925 g/mol. The first-order chi connectivity index (χ1) is 37.0. The Morgan fingerprint density at radius 2 is 0.480 bits per heavy atom. The van der Waals surface area contributed by atoms with Gasteiger partial charge in [0.05, 0.1) is 0 Å². The van der Waals surface area contributed by atoms with E-state index in [1.807, 2.05) is 0 Å². The molecule has 0 amide bonds. The molecule has 1 unspecified atom stereocenters. The standard InChI is InChI=1S/C69H126O6/c1-4-7-10-13-16-19-22-25-28-31-33-34-35-36-37-39-41-44-47-50-53-56-59-62-68(71)74-65-66(64-73-67(70)61-58-55-52-49-46-43-40-30-27-24-21-18-15-12-9-6-3)75-69(72)63-60-57-54-51-48-45-42-38-32-29-26-23-20-17-14-11-8-5-2/h22,25,30-31,33,35-36,40,66H,4-21,23-24,26-29,32,34,37-39,41-65H2,1-3H3/b25-22-,33-31-,36-35-,40-30-. The molecule has 0 aliphatic rings. The van der Waals surface area contributed by atoms with Crippen LogP contribution < -0.4 is 0 Å². The largest absolute Gasteiger partial charge is 0.462 e. The quantitative estimate of drug-likeness (QED) is 0.0261. The molecule has 438 valence electrons. The fourth-order valence-corrected chi connectivity index (χ4v) is 9.80. The number of rotatable bonds is 61. The maximum absolute atomic E-state index is 12.9. The molecule has 0 N–H and O–H groups in total. The van der Waals surface area contributed by atoms with Gasteiger partial charge < -0.3 is 14.2 Å². The summed E-state index contributed by atoms with van der Waals surface area (Å²) in [5, 5.41) is 0. The minimum atomic E-state index is -0.779. The molecule has 0 aliphatic carbocycles. The van der Waals surface area contributed by atoms with Crippen LogP contribution in [-0.4, -0.2) is 37.2 Å². The second-order valence-electron chi connectivity index (χ2n) is 22.4. The van der Waals surface area contributed by atoms with Gasteiger partial charge in [0.15, 0.2) is 6.10 Å². The molecule has 6 heteroatoms. The normalized spacial score (nSPS) is 12.3. The number of esters is 3. The summed E-state index contributed by atoms with van der Waals surface area (Å²) in [6.45, 7) is 6.67. The van der Waals surface area contributed by atoms with Gasteiger partial charge in [-0.05, 0) is 83.5 Å². The average Bonchev–Trinajstić information content (AvgIpc) is 3.41. The van der Waals surface area contributed by atoms with E-state index in [9.17, 15) is 14.4 Å². The van der Waals surface area contributed by atoms with Crippen LogP contribution in [0, 0.1) is 0 Å². The summed E-state index contributed by atoms with van der Waals surface area (Å²) in [6, 6.07) is 0. The van der Waals surface area contributed by atoms with Gasteiger partial charge in [-0.1, -0.05) is 301 Å². The SMILES string of the molecule is CCCCCCC/C=C\C/C=C\C/C=C\CCCCCCCCCCC(=O)OCC(COC(=O)CCCCCCC/C=C\CCCCCCCCC)OC(=O)CCCCCCCCCCCCCCCCCCCC. The molecule has 0 heterocycles. The van der Waals surface area contributed by atoms with Gasteiger partial charge in [-0.2, -0.15) is 0 Å². The van der Waals surface area contributed by atoms with Gasteiger partial charge in [0.1, 0.15) is 13.2 Å². The third kappa shape index (κ3) is 62.1. The third-order valence-electron chi connectivity index (χ3n) is 14.8. The zero-order chi connectivity index (χ0) is 54.3. The van der Waals surface area contributed by atoms with Crippen LogP contribution in [-0.2, 0) is 28.6 Å². The number of unbranched alkanes of at least 4 members (excludes halogenated alkanes) is 42. The minimum absolute atomic E-state index is 0.0761. The predicted octanol–water partition coefficient (Wildman–Crippen LogP) is 22.6. The van der Waals surface area contributed by atoms with E-state index in [0.29, 0.717) is 19.3 Å². The number of allylic oxidation sites excluding steroid dienone is 8. The van der Waals surface area contributed by atoms with Crippen molar-refractivity contribution < 1.29 is 28.6 Å². The molecule has 0 bridgehead atoms. The van der Waals surface area contributed by atoms with Crippen molar-refractivity contribution in [2.45, 2.75) is 361 Å². The molecule has 0 fully saturated rings. The second kappa shape index (κ2) is 63.9. The van der Waals surface area contributed by atoms with E-state index in [-0.39, 0.29) is 31.1 Å². The maximum Gasteiger partial charge on any atom is 0.306 e. The molecule has 0 saturated heterocycles. The summed E-state index contributed by atoms with van der Waals surface area (Å²) >= 11 is 0. The Hall–Kier alpha value is -2.63. The first kappa shape index (κ1) is 72.4. The summed E-state index contributed by atoms with van der Waals surface area (Å²) in [5.41, 5.74) is 0. The van der Waals surface area contributed by atoms with Crippen LogP contribution in [0.2, 0.25) is 0 Å². The minimum Gasteiger partial charge on any atom is -0.462 e. The summed E-state index contributed by atoms with van der Waals surface area (Å²) in [4.78, 5) is 38.4. The lowest BCUT2D eigenvalue weighted by Gasteiger charge is -2.18. The van der Waals surface area contributed by atoms with E-state index >= 15 is 0 Å². The smallest absolute Gasteiger partial charge is 0.306 e. The average molecular weight is 1050 g/mol. The summed E-state index contributed by atoms with van der Waals surface area (Å²) in [5.74, 6) is -0.867. The van der Waals surface area contributed by atoms with Crippen molar-refractivity contribution in [3.05, 3.63) is 48.6 Å². The molecule has 0 aromatic carbocycles. The third-order valence-corrected chi connectivity index (χ3v) is 14.8. The molecular formula is C69H126O6. The monoisotopic (exact) mass is 1050 g/mol. The van der Waals surface area contributed by atoms with Crippen LogP contribution in [0.5, 0.6) is 0 Å². The van der Waals surface area contributed by atoms with Crippen molar-refractivity contribution in [2.75, 3.05) is 13.2 Å². The van der Waals surface area contributed by atoms with Crippen molar-refractivity contribution in [2.24, 2.45) is 0 Å². The van der Waals surface area contributed by atoms with Crippen LogP contribution >= 0.6 is 0 Å². The van der Waals surface area contributed by atoms with Crippen LogP contribution in [0.4, 0.5) is 0 Å². The number of carbonyl (C=O) groups is 3. The van der Waals surface area contributed by atoms with E-state index in [2.05, 4.69) is 69.4 Å². The van der Waals surface area contributed by atoms with Crippen molar-refractivity contribution in [3.8, 4) is 0 Å². The number of hydrogen-bond donors (Lipinski definition) is 0. The van der Waals surface area contributed by atoms with Gasteiger partial charge in [0, 0.05) is 19.3 Å². The van der Waals surface area contributed by atoms with Gasteiger partial charge in [0.2, 0.25) is 0 Å².